The van der Waals surface area contributed by atoms with Crippen LogP contribution in [0.5, 0.6) is 11.5 Å². The minimum atomic E-state index is -0.301. The molecule has 1 amide bonds. The smallest absolute Gasteiger partial charge is 0.255 e. The molecule has 3 aromatic rings. The Bertz CT molecular complexity index is 969. The summed E-state index contributed by atoms with van der Waals surface area (Å²) in [4.78, 5) is 21.1. The summed E-state index contributed by atoms with van der Waals surface area (Å²) in [5.74, 6) is 0.620. The first-order valence-electron chi connectivity index (χ1n) is 7.64. The molecule has 1 aromatic carbocycles. The molecule has 0 bridgehead atoms. The van der Waals surface area contributed by atoms with Crippen LogP contribution in [0.1, 0.15) is 10.4 Å². The van der Waals surface area contributed by atoms with Crippen LogP contribution in [0.2, 0.25) is 5.02 Å². The van der Waals surface area contributed by atoms with E-state index < -0.39 is 0 Å². The fourth-order valence-electron chi connectivity index (χ4n) is 2.36. The molecule has 6 nitrogen and oxygen atoms in total. The highest BCUT2D eigenvalue weighted by Crippen LogP contribution is 2.40. The summed E-state index contributed by atoms with van der Waals surface area (Å²) in [5.41, 5.74) is 1.01. The first kappa shape index (κ1) is 16.7. The summed E-state index contributed by atoms with van der Waals surface area (Å²) in [6, 6.07) is 12.3. The molecule has 130 valence electrons. The predicted octanol–water partition coefficient (Wildman–Crippen LogP) is 4.26. The first-order chi connectivity index (χ1) is 12.7. The predicted molar refractivity (Wildman–Crippen MR) is 98.1 cm³/mol. The normalized spacial score (nSPS) is 12.0. The Morgan fingerprint density at radius 2 is 1.96 bits per heavy atom. The summed E-state index contributed by atoms with van der Waals surface area (Å²) in [6.07, 6.45) is 3.35. The molecule has 1 aliphatic heterocycles. The van der Waals surface area contributed by atoms with Crippen molar-refractivity contribution in [2.45, 2.75) is 10.1 Å². The number of benzene rings is 1. The van der Waals surface area contributed by atoms with Gasteiger partial charge in [0.2, 0.25) is 6.79 Å². The molecule has 0 saturated heterocycles. The van der Waals surface area contributed by atoms with E-state index in [2.05, 4.69) is 15.3 Å². The summed E-state index contributed by atoms with van der Waals surface area (Å²) >= 11 is 7.54. The molecule has 3 heterocycles. The van der Waals surface area contributed by atoms with Crippen molar-refractivity contribution in [1.82, 2.24) is 9.97 Å². The molecule has 0 spiro atoms. The van der Waals surface area contributed by atoms with Crippen LogP contribution in [0.25, 0.3) is 0 Å². The van der Waals surface area contributed by atoms with E-state index in [0.29, 0.717) is 27.8 Å². The average molecular weight is 386 g/mol. The van der Waals surface area contributed by atoms with Crippen LogP contribution < -0.4 is 14.8 Å². The van der Waals surface area contributed by atoms with Crippen LogP contribution in [-0.4, -0.2) is 22.7 Å². The minimum Gasteiger partial charge on any atom is -0.454 e. The lowest BCUT2D eigenvalue weighted by Crippen LogP contribution is -2.12. The number of halogens is 1. The van der Waals surface area contributed by atoms with E-state index in [1.54, 1.807) is 36.7 Å². The molecule has 1 N–H and O–H groups in total. The van der Waals surface area contributed by atoms with Gasteiger partial charge in [0.1, 0.15) is 10.1 Å². The van der Waals surface area contributed by atoms with E-state index in [1.807, 2.05) is 18.2 Å². The molecule has 0 fully saturated rings. The Balaban J connectivity index is 1.51. The molecule has 0 atom stereocenters. The van der Waals surface area contributed by atoms with Gasteiger partial charge in [0.25, 0.3) is 5.91 Å². The van der Waals surface area contributed by atoms with Crippen LogP contribution in [-0.2, 0) is 0 Å². The van der Waals surface area contributed by atoms with Crippen molar-refractivity contribution < 1.29 is 14.3 Å². The Morgan fingerprint density at radius 3 is 2.81 bits per heavy atom. The Morgan fingerprint density at radius 1 is 1.08 bits per heavy atom. The maximum absolute atomic E-state index is 12.5. The molecule has 0 aliphatic carbocycles. The molecule has 26 heavy (non-hydrogen) atoms. The molecule has 8 heteroatoms. The van der Waals surface area contributed by atoms with Gasteiger partial charge in [-0.15, -0.1) is 0 Å². The maximum Gasteiger partial charge on any atom is 0.255 e. The van der Waals surface area contributed by atoms with Gasteiger partial charge in [0.05, 0.1) is 5.02 Å². The second kappa shape index (κ2) is 7.23. The molecule has 1 aliphatic rings. The standard InChI is InChI=1S/C18H12ClN3O3S/c19-13-7-11(8-14-17(13)25-10-24-14)18(23)22-12-4-6-21-16(9-12)26-15-3-1-2-5-20-15/h1-9H,10H2,(H,21,22,23). The lowest BCUT2D eigenvalue weighted by atomic mass is 10.2. The number of carbonyl (C=O) groups excluding carboxylic acids is 1. The van der Waals surface area contributed by atoms with E-state index in [1.165, 1.54) is 11.8 Å². The SMILES string of the molecule is O=C(Nc1ccnc(Sc2ccccn2)c1)c1cc(Cl)c2c(c1)OCO2. The maximum atomic E-state index is 12.5. The molecule has 4 rings (SSSR count). The number of nitrogens with zero attached hydrogens (tertiary/aromatic N) is 2. The highest BCUT2D eigenvalue weighted by molar-refractivity contribution is 7.99. The van der Waals surface area contributed by atoms with Crippen LogP contribution in [0, 0.1) is 0 Å². The third-order valence-electron chi connectivity index (χ3n) is 3.53. The second-order valence-electron chi connectivity index (χ2n) is 5.30. The minimum absolute atomic E-state index is 0.0958. The summed E-state index contributed by atoms with van der Waals surface area (Å²) in [6.45, 7) is 0.0958. The van der Waals surface area contributed by atoms with Gasteiger partial charge >= 0.3 is 0 Å². The third kappa shape index (κ3) is 3.58. The summed E-state index contributed by atoms with van der Waals surface area (Å²) in [7, 11) is 0. The van der Waals surface area contributed by atoms with Gasteiger partial charge in [-0.1, -0.05) is 29.4 Å². The van der Waals surface area contributed by atoms with Crippen LogP contribution in [0.3, 0.4) is 0 Å². The number of hydrogen-bond donors (Lipinski definition) is 1. The highest BCUT2D eigenvalue weighted by atomic mass is 35.5. The number of hydrogen-bond acceptors (Lipinski definition) is 6. The van der Waals surface area contributed by atoms with Gasteiger partial charge in [0, 0.05) is 23.6 Å². The topological polar surface area (TPSA) is 73.3 Å². The Labute approximate surface area is 158 Å². The van der Waals surface area contributed by atoms with Crippen LogP contribution >= 0.6 is 23.4 Å². The Kier molecular flexibility index (Phi) is 4.64. The second-order valence-corrected chi connectivity index (χ2v) is 6.75. The monoisotopic (exact) mass is 385 g/mol. The van der Waals surface area contributed by atoms with E-state index >= 15 is 0 Å². The van der Waals surface area contributed by atoms with Crippen molar-refractivity contribution in [2.75, 3.05) is 12.1 Å². The number of aromatic nitrogens is 2. The quantitative estimate of drug-likeness (QED) is 0.723. The van der Waals surface area contributed by atoms with Crippen molar-refractivity contribution >= 4 is 35.0 Å². The molecule has 0 radical (unpaired) electrons. The number of pyridine rings is 2. The molecule has 0 unspecified atom stereocenters. The zero-order valence-electron chi connectivity index (χ0n) is 13.3. The lowest BCUT2D eigenvalue weighted by Gasteiger charge is -2.08. The summed E-state index contributed by atoms with van der Waals surface area (Å²) < 4.78 is 10.6. The molecular weight excluding hydrogens is 374 g/mol. The number of nitrogens with one attached hydrogen (secondary N) is 1. The van der Waals surface area contributed by atoms with Crippen LogP contribution in [0.4, 0.5) is 5.69 Å². The molecular formula is C18H12ClN3O3S. The van der Waals surface area contributed by atoms with Crippen molar-refractivity contribution in [3.63, 3.8) is 0 Å². The molecule has 0 saturated carbocycles. The van der Waals surface area contributed by atoms with Crippen molar-refractivity contribution in [2.24, 2.45) is 0 Å². The number of fused-ring (bicyclic) bond motifs is 1. The van der Waals surface area contributed by atoms with E-state index in [4.69, 9.17) is 21.1 Å². The van der Waals surface area contributed by atoms with Crippen LogP contribution in [0.15, 0.2) is 64.9 Å². The van der Waals surface area contributed by atoms with Gasteiger partial charge in [-0.25, -0.2) is 9.97 Å². The number of rotatable bonds is 4. The fraction of sp³-hybridized carbons (Fsp3) is 0.0556. The van der Waals surface area contributed by atoms with E-state index in [-0.39, 0.29) is 12.7 Å². The van der Waals surface area contributed by atoms with Gasteiger partial charge in [-0.3, -0.25) is 4.79 Å². The third-order valence-corrected chi connectivity index (χ3v) is 4.69. The molecule has 2 aromatic heterocycles. The van der Waals surface area contributed by atoms with Gasteiger partial charge < -0.3 is 14.8 Å². The average Bonchev–Trinajstić information content (AvgIpc) is 3.12. The number of carbonyl (C=O) groups is 1. The van der Waals surface area contributed by atoms with Gasteiger partial charge in [-0.05, 0) is 36.4 Å². The zero-order valence-corrected chi connectivity index (χ0v) is 14.9. The first-order valence-corrected chi connectivity index (χ1v) is 8.84. The van der Waals surface area contributed by atoms with Crippen molar-refractivity contribution in [1.29, 1.82) is 0 Å². The summed E-state index contributed by atoms with van der Waals surface area (Å²) in [5, 5.41) is 4.73. The number of ether oxygens (including phenoxy) is 2. The van der Waals surface area contributed by atoms with E-state index in [9.17, 15) is 4.79 Å². The zero-order chi connectivity index (χ0) is 17.9. The fourth-order valence-corrected chi connectivity index (χ4v) is 3.40. The number of amides is 1. The van der Waals surface area contributed by atoms with E-state index in [0.717, 1.165) is 10.1 Å². The van der Waals surface area contributed by atoms with Crippen molar-refractivity contribution in [3.8, 4) is 11.5 Å². The largest absolute Gasteiger partial charge is 0.454 e. The van der Waals surface area contributed by atoms with Gasteiger partial charge in [0.15, 0.2) is 11.5 Å². The lowest BCUT2D eigenvalue weighted by molar-refractivity contribution is 0.102. The highest BCUT2D eigenvalue weighted by Gasteiger charge is 2.20. The van der Waals surface area contributed by atoms with Gasteiger partial charge in [-0.2, -0.15) is 0 Å². The van der Waals surface area contributed by atoms with Crippen molar-refractivity contribution in [3.05, 3.63) is 65.4 Å². The Hall–Kier alpha value is -2.77. The number of anilines is 1.